The molecule has 1 aromatic carbocycles. The number of benzene rings is 1. The molecule has 35 heavy (non-hydrogen) atoms. The van der Waals surface area contributed by atoms with Gasteiger partial charge in [0.15, 0.2) is 6.61 Å². The quantitative estimate of drug-likeness (QED) is 0.593. The van der Waals surface area contributed by atoms with E-state index in [2.05, 4.69) is 10.2 Å². The van der Waals surface area contributed by atoms with Gasteiger partial charge in [-0.15, -0.1) is 0 Å². The first-order chi connectivity index (χ1) is 16.9. The Bertz CT molecular complexity index is 899. The van der Waals surface area contributed by atoms with Crippen LogP contribution in [0.15, 0.2) is 24.3 Å². The number of carbonyl (C=O) groups is 2. The number of rotatable bonds is 8. The summed E-state index contributed by atoms with van der Waals surface area (Å²) < 4.78 is 5.71. The Morgan fingerprint density at radius 1 is 1.11 bits per heavy atom. The highest BCUT2D eigenvalue weighted by atomic mass is 16.5. The summed E-state index contributed by atoms with van der Waals surface area (Å²) in [7, 11) is 0. The summed E-state index contributed by atoms with van der Waals surface area (Å²) in [5, 5.41) is 14.0. The number of hydrogen-bond donors (Lipinski definition) is 2. The lowest BCUT2D eigenvalue weighted by Crippen LogP contribution is -2.60. The molecule has 4 saturated carbocycles. The third-order valence-electron chi connectivity index (χ3n) is 9.14. The predicted molar refractivity (Wildman–Crippen MR) is 135 cm³/mol. The molecule has 1 saturated heterocycles. The first-order valence-electron chi connectivity index (χ1n) is 13.7. The fourth-order valence-corrected chi connectivity index (χ4v) is 7.51. The Labute approximate surface area is 209 Å². The van der Waals surface area contributed by atoms with E-state index in [4.69, 9.17) is 4.74 Å². The summed E-state index contributed by atoms with van der Waals surface area (Å²) in [6, 6.07) is 8.09. The summed E-state index contributed by atoms with van der Waals surface area (Å²) >= 11 is 0. The van der Waals surface area contributed by atoms with Gasteiger partial charge in [0.05, 0.1) is 11.5 Å². The molecule has 2 amide bonds. The van der Waals surface area contributed by atoms with Crippen molar-refractivity contribution < 1.29 is 19.4 Å². The van der Waals surface area contributed by atoms with Crippen LogP contribution < -0.4 is 15.0 Å². The number of nitrogens with one attached hydrogen (secondary N) is 1. The van der Waals surface area contributed by atoms with Gasteiger partial charge in [-0.05, 0) is 101 Å². The zero-order valence-corrected chi connectivity index (χ0v) is 21.2. The molecule has 6 rings (SSSR count). The molecule has 3 atom stereocenters. The number of aliphatic hydroxyl groups excluding tert-OH is 1. The van der Waals surface area contributed by atoms with E-state index in [0.717, 1.165) is 63.7 Å². The van der Waals surface area contributed by atoms with Crippen LogP contribution in [0.5, 0.6) is 5.75 Å². The highest BCUT2D eigenvalue weighted by Crippen LogP contribution is 2.60. The maximum atomic E-state index is 13.5. The average molecular weight is 484 g/mol. The Morgan fingerprint density at radius 3 is 2.46 bits per heavy atom. The highest BCUT2D eigenvalue weighted by molar-refractivity contribution is 5.83. The molecule has 1 aliphatic heterocycles. The van der Waals surface area contributed by atoms with Crippen LogP contribution in [-0.4, -0.2) is 66.8 Å². The van der Waals surface area contributed by atoms with E-state index in [-0.39, 0.29) is 36.0 Å². The van der Waals surface area contributed by atoms with Crippen LogP contribution in [0.1, 0.15) is 58.8 Å². The number of nitrogens with zero attached hydrogens (tertiary/aromatic N) is 2. The van der Waals surface area contributed by atoms with Crippen molar-refractivity contribution in [2.45, 2.75) is 70.9 Å². The van der Waals surface area contributed by atoms with Crippen LogP contribution >= 0.6 is 0 Å². The van der Waals surface area contributed by atoms with Gasteiger partial charge in [0, 0.05) is 37.9 Å². The van der Waals surface area contributed by atoms with Crippen LogP contribution in [0, 0.1) is 23.2 Å². The summed E-state index contributed by atoms with van der Waals surface area (Å²) in [5.74, 6) is 2.18. The highest BCUT2D eigenvalue weighted by Gasteiger charge is 2.58. The Balaban J connectivity index is 1.15. The van der Waals surface area contributed by atoms with Crippen LogP contribution in [0.2, 0.25) is 0 Å². The monoisotopic (exact) mass is 483 g/mol. The molecule has 2 N–H and O–H groups in total. The van der Waals surface area contributed by atoms with Gasteiger partial charge in [-0.3, -0.25) is 9.59 Å². The standard InChI is InChI=1S/C28H41N3O4/c1-3-30(4-2)25(32)18-35-24-9-7-23(8-10-24)31-11-5-6-22(17-31)29-27(34)28-14-19-12-20(15-28)26(33)21(13-19)16-28/h7-10,19-22,26,33H,3-6,11-18H2,1-2H3,(H,29,34)/t19?,20?,21?,22-,26?,28?/m0/s1. The van der Waals surface area contributed by atoms with Crippen molar-refractivity contribution in [2.75, 3.05) is 37.7 Å². The van der Waals surface area contributed by atoms with Crippen molar-refractivity contribution in [3.63, 3.8) is 0 Å². The molecule has 0 spiro atoms. The van der Waals surface area contributed by atoms with Gasteiger partial charge in [0.25, 0.3) is 5.91 Å². The van der Waals surface area contributed by atoms with Crippen molar-refractivity contribution in [2.24, 2.45) is 23.2 Å². The smallest absolute Gasteiger partial charge is 0.260 e. The second-order valence-corrected chi connectivity index (χ2v) is 11.3. The van der Waals surface area contributed by atoms with Gasteiger partial charge < -0.3 is 25.0 Å². The summed E-state index contributed by atoms with van der Waals surface area (Å²) in [6.45, 7) is 7.15. The minimum atomic E-state index is -0.250. The van der Waals surface area contributed by atoms with Crippen molar-refractivity contribution in [3.05, 3.63) is 24.3 Å². The van der Waals surface area contributed by atoms with Gasteiger partial charge in [0.2, 0.25) is 5.91 Å². The van der Waals surface area contributed by atoms with E-state index in [0.29, 0.717) is 36.6 Å². The first kappa shape index (κ1) is 24.4. The molecule has 0 aromatic heterocycles. The molecule has 1 heterocycles. The van der Waals surface area contributed by atoms with Gasteiger partial charge in [-0.1, -0.05) is 0 Å². The van der Waals surface area contributed by atoms with Crippen molar-refractivity contribution in [3.8, 4) is 5.75 Å². The SMILES string of the molecule is CCN(CC)C(=O)COc1ccc(N2CCC[C@H](NC(=O)C34CC5CC(C3)C(O)C(C5)C4)C2)cc1. The van der Waals surface area contributed by atoms with Crippen molar-refractivity contribution in [1.29, 1.82) is 0 Å². The molecule has 2 unspecified atom stereocenters. The van der Waals surface area contributed by atoms with E-state index in [1.54, 1.807) is 4.90 Å². The molecule has 5 fully saturated rings. The zero-order valence-electron chi connectivity index (χ0n) is 21.2. The van der Waals surface area contributed by atoms with Crippen LogP contribution in [0.3, 0.4) is 0 Å². The van der Waals surface area contributed by atoms with Crippen LogP contribution in [0.4, 0.5) is 5.69 Å². The van der Waals surface area contributed by atoms with E-state index in [1.807, 2.05) is 38.1 Å². The Morgan fingerprint density at radius 2 is 1.80 bits per heavy atom. The lowest BCUT2D eigenvalue weighted by Gasteiger charge is -2.58. The third-order valence-corrected chi connectivity index (χ3v) is 9.14. The van der Waals surface area contributed by atoms with Gasteiger partial charge in [-0.25, -0.2) is 0 Å². The maximum Gasteiger partial charge on any atom is 0.260 e. The number of carbonyl (C=O) groups excluding carboxylic acids is 2. The van der Waals surface area contributed by atoms with Crippen molar-refractivity contribution >= 4 is 17.5 Å². The third kappa shape index (κ3) is 4.89. The normalized spacial score (nSPS) is 33.5. The molecular formula is C28H41N3O4. The van der Waals surface area contributed by atoms with E-state index in [9.17, 15) is 14.7 Å². The molecule has 1 aromatic rings. The molecule has 4 bridgehead atoms. The van der Waals surface area contributed by atoms with Gasteiger partial charge in [-0.2, -0.15) is 0 Å². The van der Waals surface area contributed by atoms with E-state index >= 15 is 0 Å². The molecule has 7 nitrogen and oxygen atoms in total. The maximum absolute atomic E-state index is 13.5. The molecule has 0 radical (unpaired) electrons. The number of anilines is 1. The molecule has 192 valence electrons. The lowest BCUT2D eigenvalue weighted by molar-refractivity contribution is -0.163. The lowest BCUT2D eigenvalue weighted by atomic mass is 9.48. The summed E-state index contributed by atoms with van der Waals surface area (Å²) in [4.78, 5) is 29.8. The van der Waals surface area contributed by atoms with Gasteiger partial charge >= 0.3 is 0 Å². The number of hydrogen-bond acceptors (Lipinski definition) is 5. The minimum absolute atomic E-state index is 0.00206. The molecule has 7 heteroatoms. The topological polar surface area (TPSA) is 82.1 Å². The van der Waals surface area contributed by atoms with E-state index in [1.165, 1.54) is 0 Å². The second-order valence-electron chi connectivity index (χ2n) is 11.3. The minimum Gasteiger partial charge on any atom is -0.484 e. The van der Waals surface area contributed by atoms with Crippen LogP contribution in [-0.2, 0) is 9.59 Å². The number of likely N-dealkylation sites (N-methyl/N-ethyl adjacent to an activating group) is 1. The number of amides is 2. The zero-order chi connectivity index (χ0) is 24.6. The Hall–Kier alpha value is -2.28. The summed E-state index contributed by atoms with van der Waals surface area (Å²) in [5.41, 5.74) is 0.865. The fraction of sp³-hybridized carbons (Fsp3) is 0.714. The molecule has 4 aliphatic carbocycles. The number of aliphatic hydroxyl groups is 1. The number of ether oxygens (including phenoxy) is 1. The average Bonchev–Trinajstić information content (AvgIpc) is 2.86. The molecular weight excluding hydrogens is 442 g/mol. The van der Waals surface area contributed by atoms with E-state index < -0.39 is 0 Å². The number of piperidine rings is 1. The largest absolute Gasteiger partial charge is 0.484 e. The van der Waals surface area contributed by atoms with Crippen molar-refractivity contribution in [1.82, 2.24) is 10.2 Å². The first-order valence-corrected chi connectivity index (χ1v) is 13.7. The van der Waals surface area contributed by atoms with Crippen LogP contribution in [0.25, 0.3) is 0 Å². The van der Waals surface area contributed by atoms with Gasteiger partial charge in [0.1, 0.15) is 5.75 Å². The second kappa shape index (κ2) is 10.00. The summed E-state index contributed by atoms with van der Waals surface area (Å²) in [6.07, 6.45) is 6.80. The fourth-order valence-electron chi connectivity index (χ4n) is 7.51. The predicted octanol–water partition coefficient (Wildman–Crippen LogP) is 3.21. The Kier molecular flexibility index (Phi) is 6.97. The molecule has 5 aliphatic rings.